The summed E-state index contributed by atoms with van der Waals surface area (Å²) in [6.45, 7) is 8.23. The van der Waals surface area contributed by atoms with Crippen molar-refractivity contribution < 1.29 is 28.9 Å². The number of benzene rings is 2. The van der Waals surface area contributed by atoms with E-state index in [0.717, 1.165) is 28.0 Å². The van der Waals surface area contributed by atoms with Gasteiger partial charge in [0, 0.05) is 23.6 Å². The molecule has 1 aliphatic heterocycles. The van der Waals surface area contributed by atoms with Crippen LogP contribution in [0, 0.1) is 18.7 Å². The highest BCUT2D eigenvalue weighted by molar-refractivity contribution is 6.30. The molecule has 8 heteroatoms. The van der Waals surface area contributed by atoms with Crippen LogP contribution in [-0.4, -0.2) is 47.1 Å². The van der Waals surface area contributed by atoms with Crippen LogP contribution in [0.5, 0.6) is 5.75 Å². The summed E-state index contributed by atoms with van der Waals surface area (Å²) < 4.78 is 25.6. The molecule has 0 aromatic heterocycles. The van der Waals surface area contributed by atoms with Crippen molar-refractivity contribution in [1.29, 1.82) is 0 Å². The lowest BCUT2D eigenvalue weighted by Gasteiger charge is -2.28. The van der Waals surface area contributed by atoms with Crippen LogP contribution in [0.3, 0.4) is 0 Å². The molecule has 2 aromatic carbocycles. The number of nitrogens with one attached hydrogen (secondary N) is 1. The Morgan fingerprint density at radius 3 is 2.74 bits per heavy atom. The number of fused-ring (bicyclic) bond motifs is 3. The van der Waals surface area contributed by atoms with Gasteiger partial charge in [-0.05, 0) is 62.9 Å². The number of carboxylic acid groups (broad SMARTS) is 1. The van der Waals surface area contributed by atoms with E-state index in [9.17, 15) is 19.4 Å². The van der Waals surface area contributed by atoms with Crippen LogP contribution >= 0.6 is 11.6 Å². The van der Waals surface area contributed by atoms with Crippen molar-refractivity contribution in [3.63, 3.8) is 0 Å². The second-order valence-corrected chi connectivity index (χ2v) is 10.4. The summed E-state index contributed by atoms with van der Waals surface area (Å²) in [6, 6.07) is 8.67. The number of ether oxygens (including phenoxy) is 2. The number of aliphatic carboxylic acids is 1. The van der Waals surface area contributed by atoms with Crippen LogP contribution in [0.15, 0.2) is 30.3 Å². The van der Waals surface area contributed by atoms with Gasteiger partial charge in [0.25, 0.3) is 0 Å². The summed E-state index contributed by atoms with van der Waals surface area (Å²) in [4.78, 5) is 11.5. The predicted molar refractivity (Wildman–Crippen MR) is 127 cm³/mol. The molecule has 0 radical (unpaired) electrons. The molecule has 1 heterocycles. The molecule has 3 N–H and O–H groups in total. The number of hydrogen-bond donors (Lipinski definition) is 3. The Morgan fingerprint density at radius 2 is 2.06 bits per heavy atom. The van der Waals surface area contributed by atoms with E-state index in [0.29, 0.717) is 13.0 Å². The van der Waals surface area contributed by atoms with Gasteiger partial charge < -0.3 is 25.0 Å². The number of rotatable bonds is 10. The highest BCUT2D eigenvalue weighted by Gasteiger charge is 2.64. The van der Waals surface area contributed by atoms with Crippen molar-refractivity contribution in [3.8, 4) is 5.75 Å². The number of aryl methyl sites for hydroxylation is 1. The first-order chi connectivity index (χ1) is 16.0. The third kappa shape index (κ3) is 5.08. The summed E-state index contributed by atoms with van der Waals surface area (Å²) in [7, 11) is 0. The van der Waals surface area contributed by atoms with Gasteiger partial charge in [-0.2, -0.15) is 0 Å². The van der Waals surface area contributed by atoms with E-state index in [1.807, 2.05) is 39.8 Å². The molecule has 1 saturated carbocycles. The summed E-state index contributed by atoms with van der Waals surface area (Å²) >= 11 is 5.76. The normalized spacial score (nSPS) is 22.5. The van der Waals surface area contributed by atoms with E-state index in [1.54, 1.807) is 12.1 Å². The quantitative estimate of drug-likeness (QED) is 0.456. The molecule has 0 bridgehead atoms. The lowest BCUT2D eigenvalue weighted by molar-refractivity contribution is -0.139. The Balaban J connectivity index is 1.32. The molecule has 1 fully saturated rings. The van der Waals surface area contributed by atoms with Crippen LogP contribution in [0.2, 0.25) is 5.02 Å². The van der Waals surface area contributed by atoms with Gasteiger partial charge in [0.05, 0.1) is 23.8 Å². The maximum atomic E-state index is 13.7. The average molecular weight is 492 g/mol. The van der Waals surface area contributed by atoms with Gasteiger partial charge >= 0.3 is 5.97 Å². The SMILES string of the molecule is Cc1ccc(C(C)OC[C@H](O)CNC(C)(C)Cc2ccc(Cl)c(F)c2)c2c1OC1C(C(=O)O)C21. The van der Waals surface area contributed by atoms with Crippen LogP contribution in [0.1, 0.15) is 55.0 Å². The maximum Gasteiger partial charge on any atom is 0.311 e. The standard InChI is InChI=1S/C26H31ClFNO5/c1-13-5-7-17(20-21-22(25(31)32)24(21)34-23(13)20)14(2)33-12-16(30)11-29-26(3,4)10-15-6-8-18(27)19(28)9-15/h5-9,14,16,21-22,24,29-30H,10-12H2,1-4H3,(H,31,32)/t14?,16-,21?,22?,24?/m1/s1. The Bertz CT molecular complexity index is 1090. The first kappa shape index (κ1) is 24.9. The van der Waals surface area contributed by atoms with Gasteiger partial charge in [0.1, 0.15) is 23.6 Å². The summed E-state index contributed by atoms with van der Waals surface area (Å²) in [5, 5.41) is 23.3. The first-order valence-corrected chi connectivity index (χ1v) is 11.9. The van der Waals surface area contributed by atoms with E-state index < -0.39 is 23.8 Å². The van der Waals surface area contributed by atoms with Gasteiger partial charge in [-0.15, -0.1) is 0 Å². The Labute approximate surface area is 204 Å². The van der Waals surface area contributed by atoms with Crippen LogP contribution in [0.4, 0.5) is 4.39 Å². The average Bonchev–Trinajstić information content (AvgIpc) is 3.35. The fraction of sp³-hybridized carbons (Fsp3) is 0.500. The van der Waals surface area contributed by atoms with Crippen molar-refractivity contribution >= 4 is 17.6 Å². The molecule has 0 spiro atoms. The van der Waals surface area contributed by atoms with Crippen LogP contribution in [0.25, 0.3) is 0 Å². The minimum atomic E-state index is -0.841. The maximum absolute atomic E-state index is 13.7. The molecule has 4 unspecified atom stereocenters. The summed E-state index contributed by atoms with van der Waals surface area (Å²) in [5.74, 6) is -1.17. The highest BCUT2D eigenvalue weighted by atomic mass is 35.5. The van der Waals surface area contributed by atoms with Gasteiger partial charge in [-0.3, -0.25) is 4.79 Å². The number of carbonyl (C=O) groups is 1. The number of aliphatic hydroxyl groups is 1. The number of aliphatic hydroxyl groups excluding tert-OH is 1. The zero-order valence-corrected chi connectivity index (χ0v) is 20.5. The van der Waals surface area contributed by atoms with Crippen molar-refractivity contribution in [2.45, 2.75) is 63.9 Å². The fourth-order valence-corrected chi connectivity index (χ4v) is 4.92. The number of halogens is 2. The topological polar surface area (TPSA) is 88.0 Å². The molecule has 184 valence electrons. The van der Waals surface area contributed by atoms with Crippen molar-refractivity contribution in [3.05, 3.63) is 63.4 Å². The summed E-state index contributed by atoms with van der Waals surface area (Å²) in [5.41, 5.74) is 3.24. The Kier molecular flexibility index (Phi) is 6.93. The monoisotopic (exact) mass is 491 g/mol. The van der Waals surface area contributed by atoms with Crippen LogP contribution in [-0.2, 0) is 16.0 Å². The number of carboxylic acids is 1. The lowest BCUT2D eigenvalue weighted by atomic mass is 9.94. The fourth-order valence-electron chi connectivity index (χ4n) is 4.80. The second kappa shape index (κ2) is 9.46. The van der Waals surface area contributed by atoms with Crippen molar-refractivity contribution in [2.24, 2.45) is 5.92 Å². The first-order valence-electron chi connectivity index (χ1n) is 11.5. The molecule has 6 nitrogen and oxygen atoms in total. The van der Waals surface area contributed by atoms with E-state index in [2.05, 4.69) is 5.32 Å². The molecule has 2 aromatic rings. The zero-order valence-electron chi connectivity index (χ0n) is 19.8. The minimum absolute atomic E-state index is 0.0951. The van der Waals surface area contributed by atoms with E-state index in [-0.39, 0.29) is 35.3 Å². The summed E-state index contributed by atoms with van der Waals surface area (Å²) in [6.07, 6.45) is -0.815. The third-order valence-electron chi connectivity index (χ3n) is 6.68. The van der Waals surface area contributed by atoms with E-state index in [4.69, 9.17) is 21.1 Å². The molecule has 34 heavy (non-hydrogen) atoms. The Morgan fingerprint density at radius 1 is 1.32 bits per heavy atom. The molecule has 0 saturated heterocycles. The molecule has 4 rings (SSSR count). The third-order valence-corrected chi connectivity index (χ3v) is 6.98. The smallest absolute Gasteiger partial charge is 0.311 e. The molecule has 5 atom stereocenters. The number of β-amino-alcohol motifs (C(OH)–C–C–N with tert-alkyl or cyclic N) is 1. The van der Waals surface area contributed by atoms with Gasteiger partial charge in [-0.25, -0.2) is 4.39 Å². The Hall–Kier alpha value is -2.19. The van der Waals surface area contributed by atoms with Crippen LogP contribution < -0.4 is 10.1 Å². The largest absolute Gasteiger partial charge is 0.488 e. The minimum Gasteiger partial charge on any atom is -0.488 e. The van der Waals surface area contributed by atoms with Gasteiger partial charge in [0.15, 0.2) is 0 Å². The molecular weight excluding hydrogens is 461 g/mol. The van der Waals surface area contributed by atoms with Gasteiger partial charge in [0.2, 0.25) is 0 Å². The molecule has 1 aliphatic carbocycles. The molecule has 2 aliphatic rings. The second-order valence-electron chi connectivity index (χ2n) is 10.0. The molecule has 0 amide bonds. The lowest BCUT2D eigenvalue weighted by Crippen LogP contribution is -2.46. The molecular formula is C26H31ClFNO5. The predicted octanol–water partition coefficient (Wildman–Crippen LogP) is 4.40. The highest BCUT2D eigenvalue weighted by Crippen LogP contribution is 2.61. The zero-order chi connectivity index (χ0) is 24.8. The number of hydrogen-bond acceptors (Lipinski definition) is 5. The van der Waals surface area contributed by atoms with E-state index in [1.165, 1.54) is 6.07 Å². The van der Waals surface area contributed by atoms with E-state index >= 15 is 0 Å². The van der Waals surface area contributed by atoms with Crippen molar-refractivity contribution in [2.75, 3.05) is 13.2 Å². The van der Waals surface area contributed by atoms with Crippen molar-refractivity contribution in [1.82, 2.24) is 5.32 Å². The van der Waals surface area contributed by atoms with Gasteiger partial charge in [-0.1, -0.05) is 29.8 Å².